The SMILES string of the molecule is CCc1ccc(OCC=CCn2ccnc2)cc1. The second kappa shape index (κ2) is 6.64. The van der Waals surface area contributed by atoms with Crippen LogP contribution < -0.4 is 4.74 Å². The summed E-state index contributed by atoms with van der Waals surface area (Å²) in [6.45, 7) is 3.58. The predicted octanol–water partition coefficient (Wildman–Crippen LogP) is 3.08. The first-order chi connectivity index (χ1) is 8.88. The van der Waals surface area contributed by atoms with Crippen LogP contribution in [0.15, 0.2) is 55.1 Å². The maximum absolute atomic E-state index is 5.61. The van der Waals surface area contributed by atoms with Gasteiger partial charge in [0.05, 0.1) is 6.33 Å². The van der Waals surface area contributed by atoms with Gasteiger partial charge >= 0.3 is 0 Å². The van der Waals surface area contributed by atoms with Gasteiger partial charge in [0.15, 0.2) is 0 Å². The molecule has 1 aromatic heterocycles. The van der Waals surface area contributed by atoms with Crippen LogP contribution in [-0.4, -0.2) is 16.2 Å². The van der Waals surface area contributed by atoms with Crippen LogP contribution in [0.4, 0.5) is 0 Å². The molecule has 0 saturated heterocycles. The lowest BCUT2D eigenvalue weighted by Crippen LogP contribution is -1.95. The third-order valence-electron chi connectivity index (χ3n) is 2.72. The van der Waals surface area contributed by atoms with Crippen LogP contribution in [0.1, 0.15) is 12.5 Å². The number of hydrogen-bond donors (Lipinski definition) is 0. The first kappa shape index (κ1) is 12.4. The molecule has 0 aliphatic rings. The summed E-state index contributed by atoms with van der Waals surface area (Å²) in [5.41, 5.74) is 1.33. The molecule has 0 aliphatic heterocycles. The minimum Gasteiger partial charge on any atom is -0.490 e. The van der Waals surface area contributed by atoms with E-state index in [2.05, 4.69) is 30.1 Å². The maximum atomic E-state index is 5.61. The number of nitrogens with zero attached hydrogens (tertiary/aromatic N) is 2. The third kappa shape index (κ3) is 3.77. The molecule has 0 N–H and O–H groups in total. The van der Waals surface area contributed by atoms with Crippen molar-refractivity contribution in [3.8, 4) is 5.75 Å². The van der Waals surface area contributed by atoms with Gasteiger partial charge in [0.25, 0.3) is 0 Å². The lowest BCUT2D eigenvalue weighted by atomic mass is 10.2. The van der Waals surface area contributed by atoms with Crippen LogP contribution in [0.5, 0.6) is 5.75 Å². The Morgan fingerprint density at radius 1 is 1.22 bits per heavy atom. The number of aromatic nitrogens is 2. The molecule has 0 amide bonds. The minimum absolute atomic E-state index is 0.597. The zero-order valence-electron chi connectivity index (χ0n) is 10.6. The molecule has 0 aliphatic carbocycles. The van der Waals surface area contributed by atoms with Gasteiger partial charge in [-0.25, -0.2) is 4.98 Å². The van der Waals surface area contributed by atoms with Gasteiger partial charge in [-0.2, -0.15) is 0 Å². The molecule has 2 aromatic rings. The molecule has 0 bridgehead atoms. The van der Waals surface area contributed by atoms with Crippen molar-refractivity contribution >= 4 is 0 Å². The summed E-state index contributed by atoms with van der Waals surface area (Å²) in [4.78, 5) is 3.98. The molecule has 94 valence electrons. The summed E-state index contributed by atoms with van der Waals surface area (Å²) in [7, 11) is 0. The fourth-order valence-corrected chi connectivity index (χ4v) is 1.62. The van der Waals surface area contributed by atoms with Gasteiger partial charge in [-0.15, -0.1) is 0 Å². The van der Waals surface area contributed by atoms with Crippen molar-refractivity contribution in [3.05, 3.63) is 60.7 Å². The van der Waals surface area contributed by atoms with Crippen LogP contribution in [0.2, 0.25) is 0 Å². The van der Waals surface area contributed by atoms with E-state index in [1.807, 2.05) is 29.0 Å². The second-order valence-corrected chi connectivity index (χ2v) is 4.04. The number of benzene rings is 1. The van der Waals surface area contributed by atoms with E-state index in [9.17, 15) is 0 Å². The summed E-state index contributed by atoms with van der Waals surface area (Å²) >= 11 is 0. The normalized spacial score (nSPS) is 10.9. The number of imidazole rings is 1. The lowest BCUT2D eigenvalue weighted by molar-refractivity contribution is 0.362. The molecule has 0 spiro atoms. The third-order valence-corrected chi connectivity index (χ3v) is 2.72. The molecule has 1 aromatic carbocycles. The highest BCUT2D eigenvalue weighted by Gasteiger charge is 1.92. The van der Waals surface area contributed by atoms with E-state index in [1.54, 1.807) is 12.5 Å². The molecular formula is C15H18N2O. The molecule has 18 heavy (non-hydrogen) atoms. The van der Waals surface area contributed by atoms with Crippen molar-refractivity contribution in [2.75, 3.05) is 6.61 Å². The van der Waals surface area contributed by atoms with Crippen LogP contribution in [0, 0.1) is 0 Å². The van der Waals surface area contributed by atoms with Crippen molar-refractivity contribution in [2.45, 2.75) is 19.9 Å². The number of allylic oxidation sites excluding steroid dienone is 1. The number of aryl methyl sites for hydroxylation is 1. The highest BCUT2D eigenvalue weighted by molar-refractivity contribution is 5.27. The Kier molecular flexibility index (Phi) is 4.59. The Hall–Kier alpha value is -2.03. The molecule has 3 heteroatoms. The Labute approximate surface area is 108 Å². The average molecular weight is 242 g/mol. The molecule has 2 rings (SSSR count). The zero-order valence-corrected chi connectivity index (χ0v) is 10.6. The van der Waals surface area contributed by atoms with Gasteiger partial charge in [0, 0.05) is 18.9 Å². The van der Waals surface area contributed by atoms with Gasteiger partial charge < -0.3 is 9.30 Å². The molecule has 3 nitrogen and oxygen atoms in total. The largest absolute Gasteiger partial charge is 0.490 e. The first-order valence-electron chi connectivity index (χ1n) is 6.21. The fraction of sp³-hybridized carbons (Fsp3) is 0.267. The zero-order chi connectivity index (χ0) is 12.6. The first-order valence-corrected chi connectivity index (χ1v) is 6.21. The van der Waals surface area contributed by atoms with Crippen LogP contribution in [-0.2, 0) is 13.0 Å². The van der Waals surface area contributed by atoms with Crippen LogP contribution in [0.25, 0.3) is 0 Å². The summed E-state index contributed by atoms with van der Waals surface area (Å²) in [5, 5.41) is 0. The van der Waals surface area contributed by atoms with E-state index in [-0.39, 0.29) is 0 Å². The van der Waals surface area contributed by atoms with Crippen molar-refractivity contribution in [1.82, 2.24) is 9.55 Å². The van der Waals surface area contributed by atoms with Crippen molar-refractivity contribution in [2.24, 2.45) is 0 Å². The number of rotatable bonds is 6. The summed E-state index contributed by atoms with van der Waals surface area (Å²) in [6, 6.07) is 8.24. The predicted molar refractivity (Wildman–Crippen MR) is 72.7 cm³/mol. The van der Waals surface area contributed by atoms with Gasteiger partial charge in [-0.1, -0.05) is 25.1 Å². The Morgan fingerprint density at radius 2 is 2.06 bits per heavy atom. The van der Waals surface area contributed by atoms with E-state index in [4.69, 9.17) is 4.74 Å². The highest BCUT2D eigenvalue weighted by atomic mass is 16.5. The molecule has 0 fully saturated rings. The maximum Gasteiger partial charge on any atom is 0.119 e. The van der Waals surface area contributed by atoms with Gasteiger partial charge in [-0.05, 0) is 30.2 Å². The quantitative estimate of drug-likeness (QED) is 0.728. The molecule has 0 saturated carbocycles. The van der Waals surface area contributed by atoms with Gasteiger partial charge in [0.2, 0.25) is 0 Å². The highest BCUT2D eigenvalue weighted by Crippen LogP contribution is 2.12. The second-order valence-electron chi connectivity index (χ2n) is 4.04. The van der Waals surface area contributed by atoms with E-state index in [1.165, 1.54) is 5.56 Å². The molecule has 0 atom stereocenters. The molecular weight excluding hydrogens is 224 g/mol. The average Bonchev–Trinajstić information content (AvgIpc) is 2.92. The Balaban J connectivity index is 1.72. The number of hydrogen-bond acceptors (Lipinski definition) is 2. The van der Waals surface area contributed by atoms with E-state index in [0.717, 1.165) is 18.7 Å². The van der Waals surface area contributed by atoms with Crippen LogP contribution >= 0.6 is 0 Å². The lowest BCUT2D eigenvalue weighted by Gasteiger charge is -2.03. The van der Waals surface area contributed by atoms with Crippen molar-refractivity contribution in [1.29, 1.82) is 0 Å². The molecule has 0 radical (unpaired) electrons. The van der Waals surface area contributed by atoms with Gasteiger partial charge in [-0.3, -0.25) is 0 Å². The Bertz CT molecular complexity index is 472. The van der Waals surface area contributed by atoms with E-state index < -0.39 is 0 Å². The van der Waals surface area contributed by atoms with Crippen LogP contribution in [0.3, 0.4) is 0 Å². The Morgan fingerprint density at radius 3 is 2.72 bits per heavy atom. The molecule has 0 unspecified atom stereocenters. The van der Waals surface area contributed by atoms with Crippen molar-refractivity contribution in [3.63, 3.8) is 0 Å². The number of ether oxygens (including phenoxy) is 1. The molecule has 1 heterocycles. The minimum atomic E-state index is 0.597. The smallest absolute Gasteiger partial charge is 0.119 e. The standard InChI is InChI=1S/C15H18N2O/c1-2-14-5-7-15(8-6-14)18-12-4-3-10-17-11-9-16-13-17/h3-9,11,13H,2,10,12H2,1H3. The fourth-order valence-electron chi connectivity index (χ4n) is 1.62. The summed E-state index contributed by atoms with van der Waals surface area (Å²) < 4.78 is 7.62. The summed E-state index contributed by atoms with van der Waals surface area (Å²) in [5.74, 6) is 0.916. The van der Waals surface area contributed by atoms with Crippen molar-refractivity contribution < 1.29 is 4.74 Å². The monoisotopic (exact) mass is 242 g/mol. The summed E-state index contributed by atoms with van der Waals surface area (Å²) in [6.07, 6.45) is 10.7. The van der Waals surface area contributed by atoms with Gasteiger partial charge in [0.1, 0.15) is 12.4 Å². The van der Waals surface area contributed by atoms with E-state index >= 15 is 0 Å². The van der Waals surface area contributed by atoms with E-state index in [0.29, 0.717) is 6.61 Å². The topological polar surface area (TPSA) is 27.1 Å².